The van der Waals surface area contributed by atoms with Crippen molar-refractivity contribution in [3.05, 3.63) is 91.0 Å². The molecule has 0 N–H and O–H groups in total. The van der Waals surface area contributed by atoms with Gasteiger partial charge in [-0.3, -0.25) is 0 Å². The van der Waals surface area contributed by atoms with Gasteiger partial charge in [0.25, 0.3) is 0 Å². The number of hydrogen-bond donors (Lipinski definition) is 0. The van der Waals surface area contributed by atoms with Crippen molar-refractivity contribution in [2.45, 2.75) is 0 Å². The molecule has 0 saturated heterocycles. The van der Waals surface area contributed by atoms with Crippen LogP contribution in [0.4, 0.5) is 0 Å². The van der Waals surface area contributed by atoms with Crippen LogP contribution in [0.5, 0.6) is 0 Å². The molecule has 0 unspecified atom stereocenters. The zero-order valence-corrected chi connectivity index (χ0v) is 15.1. The van der Waals surface area contributed by atoms with Crippen LogP contribution in [0.1, 0.15) is 0 Å². The minimum absolute atomic E-state index is 0. The van der Waals surface area contributed by atoms with Gasteiger partial charge in [-0.1, -0.05) is 54.6 Å². The largest absolute Gasteiger partial charge is 1.00 e. The van der Waals surface area contributed by atoms with Crippen LogP contribution in [0.25, 0.3) is 0 Å². The van der Waals surface area contributed by atoms with Crippen LogP contribution < -0.4 is 15.9 Å². The zero-order chi connectivity index (χ0) is 13.8. The van der Waals surface area contributed by atoms with Crippen LogP contribution in [-0.2, 0) is 22.4 Å². The second-order valence-corrected chi connectivity index (χ2v) is 8.84. The normalized spacial score (nSPS) is 10.7. The maximum absolute atomic E-state index is 7.23. The van der Waals surface area contributed by atoms with Crippen molar-refractivity contribution >= 4 is 33.8 Å². The van der Waals surface area contributed by atoms with Crippen LogP contribution in [0.15, 0.2) is 91.0 Å². The summed E-state index contributed by atoms with van der Waals surface area (Å²) in [5.74, 6) is 0. The Kier molecular flexibility index (Phi) is 5.81. The van der Waals surface area contributed by atoms with Gasteiger partial charge in [-0.25, -0.2) is 0 Å². The molecule has 0 aliphatic heterocycles. The van der Waals surface area contributed by atoms with Crippen LogP contribution in [-0.4, -0.2) is 0 Å². The van der Waals surface area contributed by atoms with E-state index >= 15 is 0 Å². The fourth-order valence-electron chi connectivity index (χ4n) is 2.35. The summed E-state index contributed by atoms with van der Waals surface area (Å²) >= 11 is 7.23. The molecule has 0 aliphatic rings. The molecule has 21 heavy (non-hydrogen) atoms. The average molecular weight is 495 g/mol. The predicted octanol–water partition coefficient (Wildman–Crippen LogP) is 4.13. The van der Waals surface area contributed by atoms with Gasteiger partial charge >= 0.3 is 22.4 Å². The van der Waals surface area contributed by atoms with Gasteiger partial charge in [0.2, 0.25) is 6.62 Å². The fourth-order valence-corrected chi connectivity index (χ4v) is 6.00. The van der Waals surface area contributed by atoms with Gasteiger partial charge in [-0.15, -0.1) is 0 Å². The summed E-state index contributed by atoms with van der Waals surface area (Å²) in [7, 11) is 0. The molecule has 0 nitrogen and oxygen atoms in total. The Morgan fingerprint density at radius 2 is 0.714 bits per heavy atom. The molecule has 0 fully saturated rings. The first-order valence-electron chi connectivity index (χ1n) is 6.57. The van der Waals surface area contributed by atoms with Crippen LogP contribution in [0.3, 0.4) is 0 Å². The van der Waals surface area contributed by atoms with E-state index in [0.29, 0.717) is 0 Å². The Morgan fingerprint density at radius 3 is 0.952 bits per heavy atom. The average Bonchev–Trinajstić information content (AvgIpc) is 2.56. The monoisotopic (exact) mass is 494 g/mol. The molecule has 108 valence electrons. The van der Waals surface area contributed by atoms with Gasteiger partial charge < -0.3 is 0 Å². The van der Waals surface area contributed by atoms with E-state index in [2.05, 4.69) is 72.8 Å². The van der Waals surface area contributed by atoms with Gasteiger partial charge in [0.15, 0.2) is 0 Å². The summed E-state index contributed by atoms with van der Waals surface area (Å²) in [5.41, 5.74) is 0. The van der Waals surface area contributed by atoms with Crippen LogP contribution in [0, 0.1) is 0 Å². The van der Waals surface area contributed by atoms with Gasteiger partial charge in [0, 0.05) is 0 Å². The van der Waals surface area contributed by atoms with Crippen molar-refractivity contribution in [2.24, 2.45) is 0 Å². The van der Waals surface area contributed by atoms with Crippen molar-refractivity contribution in [3.63, 3.8) is 0 Å². The molecular weight excluding hydrogens is 480 g/mol. The SMILES string of the molecule is Cl[P+](c1ccccc1)(c1ccccc1)c1ccccc1.[Au+]. The molecule has 3 heteroatoms. The van der Waals surface area contributed by atoms with E-state index < -0.39 is 6.62 Å². The summed E-state index contributed by atoms with van der Waals surface area (Å²) in [6.45, 7) is -2.05. The second-order valence-electron chi connectivity index (χ2n) is 4.60. The Hall–Kier alpha value is -0.880. The molecule has 0 amide bonds. The smallest absolute Gasteiger partial charge is 0.0620 e. The quantitative estimate of drug-likeness (QED) is 0.379. The molecular formula is C18H15AuClP+2. The van der Waals surface area contributed by atoms with Gasteiger partial charge in [-0.05, 0) is 36.4 Å². The summed E-state index contributed by atoms with van der Waals surface area (Å²) in [6.07, 6.45) is 0. The van der Waals surface area contributed by atoms with E-state index in [9.17, 15) is 0 Å². The molecule has 0 aliphatic carbocycles. The number of halogens is 1. The number of hydrogen-bond acceptors (Lipinski definition) is 0. The van der Waals surface area contributed by atoms with E-state index in [0.717, 1.165) is 0 Å². The molecule has 0 bridgehead atoms. The second kappa shape index (κ2) is 7.40. The number of benzene rings is 3. The molecule has 3 rings (SSSR count). The molecule has 0 aromatic heterocycles. The fraction of sp³-hybridized carbons (Fsp3) is 0. The van der Waals surface area contributed by atoms with Gasteiger partial charge in [0.1, 0.15) is 27.2 Å². The van der Waals surface area contributed by atoms with Crippen molar-refractivity contribution in [1.29, 1.82) is 0 Å². The minimum Gasteiger partial charge on any atom is -0.0620 e. The third-order valence-corrected chi connectivity index (χ3v) is 8.12. The molecule has 3 aromatic carbocycles. The summed E-state index contributed by atoms with van der Waals surface area (Å²) in [6, 6.07) is 31.2. The Morgan fingerprint density at radius 1 is 0.476 bits per heavy atom. The molecule has 0 saturated carbocycles. The zero-order valence-electron chi connectivity index (χ0n) is 11.3. The first-order valence-corrected chi connectivity index (χ1v) is 9.27. The molecule has 0 heterocycles. The first-order chi connectivity index (χ1) is 9.82. The first kappa shape index (κ1) is 16.5. The van der Waals surface area contributed by atoms with Crippen LogP contribution >= 0.6 is 17.9 Å². The van der Waals surface area contributed by atoms with Crippen molar-refractivity contribution in [1.82, 2.24) is 0 Å². The summed E-state index contributed by atoms with van der Waals surface area (Å²) in [5, 5.41) is 3.58. The van der Waals surface area contributed by atoms with E-state index in [4.69, 9.17) is 11.2 Å². The molecule has 0 radical (unpaired) electrons. The van der Waals surface area contributed by atoms with Crippen molar-refractivity contribution in [3.8, 4) is 0 Å². The van der Waals surface area contributed by atoms with E-state index in [1.807, 2.05) is 18.2 Å². The Balaban J connectivity index is 0.00000161. The van der Waals surface area contributed by atoms with Crippen LogP contribution in [0.2, 0.25) is 0 Å². The third-order valence-electron chi connectivity index (χ3n) is 3.34. The van der Waals surface area contributed by atoms with Crippen molar-refractivity contribution in [2.75, 3.05) is 0 Å². The maximum Gasteiger partial charge on any atom is 1.00 e. The van der Waals surface area contributed by atoms with E-state index in [1.165, 1.54) is 15.9 Å². The topological polar surface area (TPSA) is 0 Å². The third kappa shape index (κ3) is 3.31. The predicted molar refractivity (Wildman–Crippen MR) is 91.0 cm³/mol. The molecule has 0 spiro atoms. The summed E-state index contributed by atoms with van der Waals surface area (Å²) in [4.78, 5) is 0. The van der Waals surface area contributed by atoms with Crippen molar-refractivity contribution < 1.29 is 22.4 Å². The van der Waals surface area contributed by atoms with Gasteiger partial charge in [-0.2, -0.15) is 0 Å². The number of rotatable bonds is 3. The molecule has 0 atom stereocenters. The molecule has 3 aromatic rings. The summed E-state index contributed by atoms with van der Waals surface area (Å²) < 4.78 is 0. The Bertz CT molecular complexity index is 575. The van der Waals surface area contributed by atoms with E-state index in [1.54, 1.807) is 0 Å². The maximum atomic E-state index is 7.23. The van der Waals surface area contributed by atoms with E-state index in [-0.39, 0.29) is 22.4 Å². The minimum atomic E-state index is -2.05. The van der Waals surface area contributed by atoms with Gasteiger partial charge in [0.05, 0.1) is 0 Å². The standard InChI is InChI=1S/C18H15ClP.Au/c19-20(16-10-4-1-5-11-16,17-12-6-2-7-13-17)18-14-8-3-9-15-18;/h1-15H;/q2*+1. The Labute approximate surface area is 146 Å².